The number of carbonyl (C=O) groups is 3. The molecule has 2 amide bonds. The molecule has 1 aliphatic carbocycles. The molecule has 2 aromatic rings. The minimum absolute atomic E-state index is 0.0861. The minimum Gasteiger partial charge on any atom is -0.479 e. The second-order valence-corrected chi connectivity index (χ2v) is 8.57. The van der Waals surface area contributed by atoms with E-state index >= 15 is 0 Å². The van der Waals surface area contributed by atoms with Crippen molar-refractivity contribution in [1.82, 2.24) is 10.6 Å². The largest absolute Gasteiger partial charge is 0.479 e. The van der Waals surface area contributed by atoms with E-state index in [1.807, 2.05) is 36.4 Å². The molecule has 1 fully saturated rings. The molecule has 0 radical (unpaired) electrons. The molecule has 1 saturated heterocycles. The Morgan fingerprint density at radius 1 is 1.06 bits per heavy atom. The van der Waals surface area contributed by atoms with E-state index in [0.717, 1.165) is 22.3 Å². The van der Waals surface area contributed by atoms with Gasteiger partial charge in [0.05, 0.1) is 6.04 Å². The van der Waals surface area contributed by atoms with Crippen LogP contribution in [-0.2, 0) is 19.1 Å². The maximum atomic E-state index is 12.7. The van der Waals surface area contributed by atoms with Crippen molar-refractivity contribution in [3.63, 3.8) is 0 Å². The molecule has 2 aliphatic rings. The smallest absolute Gasteiger partial charge is 0.408 e. The Labute approximate surface area is 185 Å². The summed E-state index contributed by atoms with van der Waals surface area (Å²) in [4.78, 5) is 36.4. The number of alkyl carbamates (subject to hydrolysis) is 1. The zero-order valence-electron chi connectivity index (χ0n) is 18.0. The van der Waals surface area contributed by atoms with Crippen LogP contribution >= 0.6 is 0 Å². The Bertz CT molecular complexity index is 1000. The summed E-state index contributed by atoms with van der Waals surface area (Å²) < 4.78 is 10.7. The molecule has 8 nitrogen and oxygen atoms in total. The summed E-state index contributed by atoms with van der Waals surface area (Å²) in [6.45, 7) is 3.46. The van der Waals surface area contributed by atoms with E-state index in [1.165, 1.54) is 13.8 Å². The number of hydrogen-bond acceptors (Lipinski definition) is 5. The van der Waals surface area contributed by atoms with Gasteiger partial charge in [-0.25, -0.2) is 9.59 Å². The van der Waals surface area contributed by atoms with Crippen LogP contribution in [0.3, 0.4) is 0 Å². The first-order valence-corrected chi connectivity index (χ1v) is 10.6. The third kappa shape index (κ3) is 4.18. The highest BCUT2D eigenvalue weighted by Gasteiger charge is 2.39. The predicted octanol–water partition coefficient (Wildman–Crippen LogP) is 2.66. The third-order valence-corrected chi connectivity index (χ3v) is 5.98. The molecule has 1 aliphatic heterocycles. The Morgan fingerprint density at radius 3 is 2.25 bits per heavy atom. The summed E-state index contributed by atoms with van der Waals surface area (Å²) in [7, 11) is 0. The van der Waals surface area contributed by atoms with Gasteiger partial charge in [-0.1, -0.05) is 48.5 Å². The lowest BCUT2D eigenvalue weighted by Crippen LogP contribution is -2.58. The van der Waals surface area contributed by atoms with Crippen LogP contribution in [0.2, 0.25) is 0 Å². The quantitative estimate of drug-likeness (QED) is 0.639. The topological polar surface area (TPSA) is 114 Å². The van der Waals surface area contributed by atoms with E-state index in [1.54, 1.807) is 0 Å². The van der Waals surface area contributed by atoms with Crippen molar-refractivity contribution in [3.8, 4) is 11.1 Å². The highest BCUT2D eigenvalue weighted by Crippen LogP contribution is 2.44. The van der Waals surface area contributed by atoms with Crippen molar-refractivity contribution in [2.75, 3.05) is 13.2 Å². The number of amides is 2. The Balaban J connectivity index is 1.37. The first-order valence-electron chi connectivity index (χ1n) is 10.6. The fraction of sp³-hybridized carbons (Fsp3) is 0.375. The average molecular weight is 438 g/mol. The Kier molecular flexibility index (Phi) is 5.88. The van der Waals surface area contributed by atoms with Gasteiger partial charge < -0.3 is 25.2 Å². The van der Waals surface area contributed by atoms with E-state index in [-0.39, 0.29) is 19.1 Å². The molecule has 0 spiro atoms. The van der Waals surface area contributed by atoms with Crippen molar-refractivity contribution in [2.45, 2.75) is 43.9 Å². The zero-order valence-corrected chi connectivity index (χ0v) is 18.0. The normalized spacial score (nSPS) is 19.7. The van der Waals surface area contributed by atoms with E-state index < -0.39 is 35.7 Å². The van der Waals surface area contributed by atoms with Gasteiger partial charge in [0.15, 0.2) is 6.10 Å². The second kappa shape index (κ2) is 8.63. The lowest BCUT2D eigenvalue weighted by atomic mass is 9.98. The van der Waals surface area contributed by atoms with Gasteiger partial charge in [0, 0.05) is 12.5 Å². The Hall–Kier alpha value is -3.39. The number of carboxylic acids is 1. The molecule has 0 unspecified atom stereocenters. The van der Waals surface area contributed by atoms with Crippen molar-refractivity contribution < 1.29 is 29.0 Å². The van der Waals surface area contributed by atoms with Crippen molar-refractivity contribution in [1.29, 1.82) is 0 Å². The number of carboxylic acid groups (broad SMARTS) is 1. The molecule has 3 N–H and O–H groups in total. The molecule has 0 bridgehead atoms. The van der Waals surface area contributed by atoms with Gasteiger partial charge in [-0.3, -0.25) is 4.79 Å². The summed E-state index contributed by atoms with van der Waals surface area (Å²) >= 11 is 0. The maximum Gasteiger partial charge on any atom is 0.408 e. The maximum absolute atomic E-state index is 12.7. The number of benzene rings is 2. The molecule has 4 rings (SSSR count). The number of rotatable bonds is 6. The van der Waals surface area contributed by atoms with Crippen LogP contribution in [0, 0.1) is 0 Å². The molecule has 168 valence electrons. The first-order chi connectivity index (χ1) is 15.3. The van der Waals surface area contributed by atoms with Crippen molar-refractivity contribution in [2.24, 2.45) is 0 Å². The van der Waals surface area contributed by atoms with Gasteiger partial charge in [0.2, 0.25) is 5.91 Å². The standard InChI is InChI=1S/C24H26N2O6/c1-24(2,22(29)25-19-11-12-31-20(19)21(27)28)26-23(30)32-13-18-16-9-5-3-7-14(16)15-8-4-6-10-17(15)18/h3-10,18-20H,11-13H2,1-2H3,(H,25,29)(H,26,30)(H,27,28)/t19-,20+/m0/s1. The third-order valence-electron chi connectivity index (χ3n) is 5.98. The van der Waals surface area contributed by atoms with Crippen molar-refractivity contribution in [3.05, 3.63) is 59.7 Å². The van der Waals surface area contributed by atoms with Crippen LogP contribution in [0.1, 0.15) is 37.3 Å². The summed E-state index contributed by atoms with van der Waals surface area (Å²) in [6, 6.07) is 15.4. The molecular formula is C24H26N2O6. The fourth-order valence-corrected chi connectivity index (χ4v) is 4.28. The first kappa shape index (κ1) is 21.8. The summed E-state index contributed by atoms with van der Waals surface area (Å²) in [6.07, 6.45) is -1.42. The molecule has 8 heteroatoms. The second-order valence-electron chi connectivity index (χ2n) is 8.57. The van der Waals surface area contributed by atoms with Gasteiger partial charge in [-0.2, -0.15) is 0 Å². The lowest BCUT2D eigenvalue weighted by molar-refractivity contribution is -0.148. The van der Waals surface area contributed by atoms with Crippen LogP contribution < -0.4 is 10.6 Å². The molecule has 1 heterocycles. The highest BCUT2D eigenvalue weighted by atomic mass is 16.5. The molecule has 0 aromatic heterocycles. The molecule has 2 aromatic carbocycles. The monoisotopic (exact) mass is 438 g/mol. The van der Waals surface area contributed by atoms with Crippen LogP contribution in [-0.4, -0.2) is 54.0 Å². The minimum atomic E-state index is -1.30. The molecule has 2 atom stereocenters. The molecule has 32 heavy (non-hydrogen) atoms. The summed E-state index contributed by atoms with van der Waals surface area (Å²) in [5.41, 5.74) is 3.15. The van der Waals surface area contributed by atoms with E-state index in [2.05, 4.69) is 22.8 Å². The van der Waals surface area contributed by atoms with Gasteiger partial charge in [0.1, 0.15) is 12.1 Å². The van der Waals surface area contributed by atoms with Gasteiger partial charge >= 0.3 is 12.1 Å². The SMILES string of the molecule is CC(C)(NC(=O)OCC1c2ccccc2-c2ccccc21)C(=O)N[C@H]1CCO[C@H]1C(=O)O. The van der Waals surface area contributed by atoms with Crippen LogP contribution in [0.15, 0.2) is 48.5 Å². The van der Waals surface area contributed by atoms with Gasteiger partial charge in [-0.05, 0) is 42.5 Å². The number of hydrogen-bond donors (Lipinski definition) is 3. The van der Waals surface area contributed by atoms with Crippen LogP contribution in [0.5, 0.6) is 0 Å². The van der Waals surface area contributed by atoms with Gasteiger partial charge in [-0.15, -0.1) is 0 Å². The van der Waals surface area contributed by atoms with Crippen LogP contribution in [0.4, 0.5) is 4.79 Å². The number of nitrogens with one attached hydrogen (secondary N) is 2. The highest BCUT2D eigenvalue weighted by molar-refractivity contribution is 5.90. The number of carbonyl (C=O) groups excluding carboxylic acids is 2. The lowest BCUT2D eigenvalue weighted by Gasteiger charge is -2.27. The van der Waals surface area contributed by atoms with Crippen molar-refractivity contribution >= 4 is 18.0 Å². The predicted molar refractivity (Wildman–Crippen MR) is 116 cm³/mol. The van der Waals surface area contributed by atoms with E-state index in [0.29, 0.717) is 6.42 Å². The van der Waals surface area contributed by atoms with Crippen LogP contribution in [0.25, 0.3) is 11.1 Å². The molecular weight excluding hydrogens is 412 g/mol. The number of fused-ring (bicyclic) bond motifs is 3. The van der Waals surface area contributed by atoms with E-state index in [9.17, 15) is 19.5 Å². The summed E-state index contributed by atoms with van der Waals surface area (Å²) in [5.74, 6) is -1.72. The Morgan fingerprint density at radius 2 is 1.66 bits per heavy atom. The fourth-order valence-electron chi connectivity index (χ4n) is 4.28. The summed E-state index contributed by atoms with van der Waals surface area (Å²) in [5, 5.41) is 14.4. The zero-order chi connectivity index (χ0) is 22.9. The van der Waals surface area contributed by atoms with Gasteiger partial charge in [0.25, 0.3) is 0 Å². The number of aliphatic carboxylic acids is 1. The molecule has 0 saturated carbocycles. The average Bonchev–Trinajstić information content (AvgIpc) is 3.34. The van der Waals surface area contributed by atoms with E-state index in [4.69, 9.17) is 9.47 Å². The number of ether oxygens (including phenoxy) is 2.